The minimum absolute atomic E-state index is 0.138. The zero-order valence-electron chi connectivity index (χ0n) is 8.42. The van der Waals surface area contributed by atoms with E-state index < -0.39 is 0 Å². The van der Waals surface area contributed by atoms with Crippen LogP contribution >= 0.6 is 11.5 Å². The SMILES string of the molecule is CCc1nnsc1C(=O)C(C)(C)C. The first kappa shape index (κ1) is 10.3. The average Bonchev–Trinajstić information content (AvgIpc) is 2.48. The van der Waals surface area contributed by atoms with Crippen LogP contribution in [0.2, 0.25) is 0 Å². The molecule has 0 amide bonds. The Labute approximate surface area is 82.3 Å². The third kappa shape index (κ3) is 2.12. The Kier molecular flexibility index (Phi) is 2.81. The minimum atomic E-state index is -0.335. The standard InChI is InChI=1S/C9H14N2OS/c1-5-6-7(13-11-10-6)8(12)9(2,3)4/h5H2,1-4H3. The quantitative estimate of drug-likeness (QED) is 0.685. The zero-order valence-corrected chi connectivity index (χ0v) is 9.23. The fourth-order valence-electron chi connectivity index (χ4n) is 0.953. The molecule has 3 nitrogen and oxygen atoms in total. The van der Waals surface area contributed by atoms with Crippen molar-refractivity contribution in [3.05, 3.63) is 10.6 Å². The molecule has 0 aliphatic carbocycles. The molecule has 4 heteroatoms. The van der Waals surface area contributed by atoms with Crippen LogP contribution in [0.1, 0.15) is 43.1 Å². The third-order valence-corrected chi connectivity index (χ3v) is 2.54. The van der Waals surface area contributed by atoms with Gasteiger partial charge in [-0.15, -0.1) is 5.10 Å². The van der Waals surface area contributed by atoms with E-state index in [-0.39, 0.29) is 11.2 Å². The molecule has 0 spiro atoms. The number of carbonyl (C=O) groups is 1. The van der Waals surface area contributed by atoms with Gasteiger partial charge in [-0.2, -0.15) is 0 Å². The molecular formula is C9H14N2OS. The summed E-state index contributed by atoms with van der Waals surface area (Å²) in [6, 6.07) is 0. The highest BCUT2D eigenvalue weighted by Gasteiger charge is 2.27. The van der Waals surface area contributed by atoms with Crippen LogP contribution in [0.15, 0.2) is 0 Å². The first-order chi connectivity index (χ1) is 5.96. The second-order valence-electron chi connectivity index (χ2n) is 3.98. The van der Waals surface area contributed by atoms with Crippen molar-refractivity contribution in [1.29, 1.82) is 0 Å². The zero-order chi connectivity index (χ0) is 10.1. The number of aromatic nitrogens is 2. The number of hydrogen-bond donors (Lipinski definition) is 0. The normalized spacial score (nSPS) is 11.7. The lowest BCUT2D eigenvalue weighted by Gasteiger charge is -2.14. The van der Waals surface area contributed by atoms with E-state index in [1.165, 1.54) is 11.5 Å². The lowest BCUT2D eigenvalue weighted by molar-refractivity contribution is 0.0861. The van der Waals surface area contributed by atoms with Gasteiger partial charge in [0.1, 0.15) is 4.88 Å². The molecule has 0 aliphatic rings. The van der Waals surface area contributed by atoms with Crippen LogP contribution in [0, 0.1) is 5.41 Å². The Bertz CT molecular complexity index is 312. The molecule has 0 fully saturated rings. The summed E-state index contributed by atoms with van der Waals surface area (Å²) in [4.78, 5) is 12.6. The molecule has 0 bridgehead atoms. The van der Waals surface area contributed by atoms with E-state index in [0.29, 0.717) is 0 Å². The van der Waals surface area contributed by atoms with Gasteiger partial charge in [0.2, 0.25) is 0 Å². The molecule has 1 rings (SSSR count). The van der Waals surface area contributed by atoms with E-state index in [1.54, 1.807) is 0 Å². The molecule has 72 valence electrons. The molecule has 0 saturated carbocycles. The van der Waals surface area contributed by atoms with Gasteiger partial charge in [-0.05, 0) is 18.0 Å². The minimum Gasteiger partial charge on any atom is -0.293 e. The highest BCUT2D eigenvalue weighted by molar-refractivity contribution is 7.08. The van der Waals surface area contributed by atoms with Crippen molar-refractivity contribution in [3.63, 3.8) is 0 Å². The fourth-order valence-corrected chi connectivity index (χ4v) is 1.85. The largest absolute Gasteiger partial charge is 0.293 e. The van der Waals surface area contributed by atoms with Crippen LogP contribution in [-0.4, -0.2) is 15.4 Å². The first-order valence-electron chi connectivity index (χ1n) is 4.33. The van der Waals surface area contributed by atoms with E-state index in [2.05, 4.69) is 9.59 Å². The van der Waals surface area contributed by atoms with Crippen LogP contribution in [0.3, 0.4) is 0 Å². The smallest absolute Gasteiger partial charge is 0.181 e. The molecule has 0 N–H and O–H groups in total. The van der Waals surface area contributed by atoms with Crippen molar-refractivity contribution >= 4 is 17.3 Å². The Morgan fingerprint density at radius 3 is 2.54 bits per heavy atom. The summed E-state index contributed by atoms with van der Waals surface area (Å²) in [5, 5.41) is 3.92. The summed E-state index contributed by atoms with van der Waals surface area (Å²) in [6.45, 7) is 7.72. The molecular weight excluding hydrogens is 184 g/mol. The molecule has 0 atom stereocenters. The Morgan fingerprint density at radius 1 is 1.46 bits per heavy atom. The summed E-state index contributed by atoms with van der Waals surface area (Å²) in [7, 11) is 0. The number of Topliss-reactive ketones (excluding diaryl/α,β-unsaturated/α-hetero) is 1. The topological polar surface area (TPSA) is 42.9 Å². The Balaban J connectivity index is 3.02. The van der Waals surface area contributed by atoms with Gasteiger partial charge in [0.15, 0.2) is 5.78 Å². The second-order valence-corrected chi connectivity index (χ2v) is 4.74. The summed E-state index contributed by atoms with van der Waals surface area (Å²) < 4.78 is 3.80. The molecule has 0 radical (unpaired) electrons. The maximum Gasteiger partial charge on any atom is 0.181 e. The van der Waals surface area contributed by atoms with Gasteiger partial charge in [0.25, 0.3) is 0 Å². The van der Waals surface area contributed by atoms with Gasteiger partial charge in [0.05, 0.1) is 5.69 Å². The molecule has 13 heavy (non-hydrogen) atoms. The average molecular weight is 198 g/mol. The Morgan fingerprint density at radius 2 is 2.08 bits per heavy atom. The van der Waals surface area contributed by atoms with Gasteiger partial charge >= 0.3 is 0 Å². The monoisotopic (exact) mass is 198 g/mol. The maximum atomic E-state index is 11.8. The van der Waals surface area contributed by atoms with E-state index in [4.69, 9.17) is 0 Å². The molecule has 1 aromatic rings. The van der Waals surface area contributed by atoms with Gasteiger partial charge in [-0.25, -0.2) is 0 Å². The van der Waals surface area contributed by atoms with Crippen LogP contribution in [0.5, 0.6) is 0 Å². The van der Waals surface area contributed by atoms with Crippen molar-refractivity contribution in [2.45, 2.75) is 34.1 Å². The van der Waals surface area contributed by atoms with E-state index >= 15 is 0 Å². The third-order valence-electron chi connectivity index (χ3n) is 1.78. The van der Waals surface area contributed by atoms with Gasteiger partial charge in [-0.1, -0.05) is 32.2 Å². The number of rotatable bonds is 2. The predicted molar refractivity (Wildman–Crippen MR) is 53.1 cm³/mol. The number of carbonyl (C=O) groups excluding carboxylic acids is 1. The highest BCUT2D eigenvalue weighted by atomic mass is 32.1. The molecule has 0 aromatic carbocycles. The Hall–Kier alpha value is -0.770. The van der Waals surface area contributed by atoms with Gasteiger partial charge < -0.3 is 0 Å². The second kappa shape index (κ2) is 3.54. The number of nitrogens with zero attached hydrogens (tertiary/aromatic N) is 2. The maximum absolute atomic E-state index is 11.8. The summed E-state index contributed by atoms with van der Waals surface area (Å²) in [5.74, 6) is 0.138. The van der Waals surface area contributed by atoms with Gasteiger partial charge in [0, 0.05) is 5.41 Å². The van der Waals surface area contributed by atoms with Crippen LogP contribution in [-0.2, 0) is 6.42 Å². The molecule has 0 aliphatic heterocycles. The van der Waals surface area contributed by atoms with Crippen LogP contribution in [0.25, 0.3) is 0 Å². The lowest BCUT2D eigenvalue weighted by Crippen LogP contribution is -2.20. The molecule has 1 aromatic heterocycles. The summed E-state index contributed by atoms with van der Waals surface area (Å²) >= 11 is 1.20. The molecule has 1 heterocycles. The van der Waals surface area contributed by atoms with Crippen LogP contribution in [0.4, 0.5) is 0 Å². The van der Waals surface area contributed by atoms with Crippen LogP contribution < -0.4 is 0 Å². The van der Waals surface area contributed by atoms with Crippen molar-refractivity contribution < 1.29 is 4.79 Å². The number of aryl methyl sites for hydroxylation is 1. The lowest BCUT2D eigenvalue weighted by atomic mass is 9.89. The van der Waals surface area contributed by atoms with E-state index in [9.17, 15) is 4.79 Å². The molecule has 0 saturated heterocycles. The van der Waals surface area contributed by atoms with Crippen molar-refractivity contribution in [2.24, 2.45) is 5.41 Å². The fraction of sp³-hybridized carbons (Fsp3) is 0.667. The summed E-state index contributed by atoms with van der Waals surface area (Å²) in [6.07, 6.45) is 0.771. The van der Waals surface area contributed by atoms with E-state index in [1.807, 2.05) is 27.7 Å². The van der Waals surface area contributed by atoms with Gasteiger partial charge in [-0.3, -0.25) is 4.79 Å². The first-order valence-corrected chi connectivity index (χ1v) is 5.10. The predicted octanol–water partition coefficient (Wildman–Crippen LogP) is 2.33. The molecule has 0 unspecified atom stereocenters. The number of hydrogen-bond acceptors (Lipinski definition) is 4. The van der Waals surface area contributed by atoms with Crippen molar-refractivity contribution in [2.75, 3.05) is 0 Å². The summed E-state index contributed by atoms with van der Waals surface area (Å²) in [5.41, 5.74) is 0.489. The highest BCUT2D eigenvalue weighted by Crippen LogP contribution is 2.24. The van der Waals surface area contributed by atoms with Crippen molar-refractivity contribution in [1.82, 2.24) is 9.59 Å². The van der Waals surface area contributed by atoms with Crippen molar-refractivity contribution in [3.8, 4) is 0 Å². The number of ketones is 1. The van der Waals surface area contributed by atoms with E-state index in [0.717, 1.165) is 17.0 Å².